The molecule has 4 aliphatic rings. The predicted octanol–water partition coefficient (Wildman–Crippen LogP) is 1.67. The lowest BCUT2D eigenvalue weighted by atomic mass is 9.77. The second kappa shape index (κ2) is 10.4. The number of fused-ring (bicyclic) bond motifs is 1. The van der Waals surface area contributed by atoms with Crippen LogP contribution in [0.4, 0.5) is 8.78 Å². The number of nitrogens with one attached hydrogen (secondary N) is 2. The van der Waals surface area contributed by atoms with Gasteiger partial charge in [-0.3, -0.25) is 19.9 Å². The highest BCUT2D eigenvalue weighted by molar-refractivity contribution is 5.83. The zero-order valence-corrected chi connectivity index (χ0v) is 20.0. The Morgan fingerprint density at radius 1 is 1.09 bits per heavy atom. The molecule has 10 heteroatoms. The summed E-state index contributed by atoms with van der Waals surface area (Å²) in [6.45, 7) is 0.749. The molecule has 4 atom stereocenters. The van der Waals surface area contributed by atoms with Crippen molar-refractivity contribution in [2.45, 2.75) is 88.3 Å². The van der Waals surface area contributed by atoms with Crippen molar-refractivity contribution >= 4 is 17.6 Å². The molecule has 0 bridgehead atoms. The molecule has 0 aromatic carbocycles. The number of amides is 2. The molecule has 8 nitrogen and oxygen atoms in total. The van der Waals surface area contributed by atoms with Crippen LogP contribution in [0.25, 0.3) is 0 Å². The average Bonchev–Trinajstić information content (AvgIpc) is 3.34. The largest absolute Gasteiger partial charge is 0.387 e. The van der Waals surface area contributed by atoms with Gasteiger partial charge in [0.15, 0.2) is 0 Å². The summed E-state index contributed by atoms with van der Waals surface area (Å²) in [5.41, 5.74) is 11.3. The number of hydrogen-bond acceptors (Lipinski definition) is 5. The highest BCUT2D eigenvalue weighted by Crippen LogP contribution is 2.44. The third kappa shape index (κ3) is 5.70. The van der Waals surface area contributed by atoms with Crippen molar-refractivity contribution < 1.29 is 18.4 Å². The van der Waals surface area contributed by atoms with Gasteiger partial charge >= 0.3 is 0 Å². The molecule has 2 heterocycles. The van der Waals surface area contributed by atoms with Gasteiger partial charge in [-0.15, -0.1) is 0 Å². The maximum atomic E-state index is 13.8. The molecule has 0 aromatic heterocycles. The van der Waals surface area contributed by atoms with E-state index in [1.54, 1.807) is 0 Å². The van der Waals surface area contributed by atoms with E-state index in [-0.39, 0.29) is 54.7 Å². The Labute approximate surface area is 200 Å². The topological polar surface area (TPSA) is 129 Å². The van der Waals surface area contributed by atoms with E-state index >= 15 is 0 Å². The van der Waals surface area contributed by atoms with Gasteiger partial charge < -0.3 is 21.7 Å². The van der Waals surface area contributed by atoms with Gasteiger partial charge in [0.05, 0.1) is 18.4 Å². The summed E-state index contributed by atoms with van der Waals surface area (Å²) in [6.07, 6.45) is 7.06. The summed E-state index contributed by atoms with van der Waals surface area (Å²) in [6, 6.07) is -0.0269. The molecule has 2 saturated heterocycles. The number of likely N-dealkylation sites (tertiary alicyclic amines) is 2. The first-order chi connectivity index (χ1) is 16.2. The summed E-state index contributed by atoms with van der Waals surface area (Å²) in [7, 11) is 0. The summed E-state index contributed by atoms with van der Waals surface area (Å²) in [5.74, 6) is -1.97. The van der Waals surface area contributed by atoms with Crippen LogP contribution in [0.5, 0.6) is 0 Å². The second-order valence-electron chi connectivity index (χ2n) is 10.9. The Kier molecular flexibility index (Phi) is 7.76. The smallest absolute Gasteiger partial charge is 0.267 e. The number of rotatable bonds is 7. The number of nitrogens with zero attached hydrogens (tertiary/aromatic N) is 2. The Morgan fingerprint density at radius 2 is 1.82 bits per heavy atom. The Morgan fingerprint density at radius 3 is 2.44 bits per heavy atom. The monoisotopic (exact) mass is 482 g/mol. The van der Waals surface area contributed by atoms with E-state index in [0.717, 1.165) is 51.5 Å². The molecule has 4 unspecified atom stereocenters. The van der Waals surface area contributed by atoms with Gasteiger partial charge in [0, 0.05) is 50.5 Å². The van der Waals surface area contributed by atoms with Crippen LogP contribution in [-0.4, -0.2) is 77.7 Å². The Balaban J connectivity index is 1.42. The first-order valence-electron chi connectivity index (χ1n) is 12.9. The van der Waals surface area contributed by atoms with Gasteiger partial charge in [0.1, 0.15) is 0 Å². The lowest BCUT2D eigenvalue weighted by Crippen LogP contribution is -2.51. The van der Waals surface area contributed by atoms with Crippen LogP contribution in [0.3, 0.4) is 0 Å². The fraction of sp³-hybridized carbons (Fsp3) is 0.875. The van der Waals surface area contributed by atoms with Crippen LogP contribution in [-0.2, 0) is 9.59 Å². The van der Waals surface area contributed by atoms with E-state index in [9.17, 15) is 18.4 Å². The number of hydrogen-bond donors (Lipinski definition) is 4. The molecule has 192 valence electrons. The van der Waals surface area contributed by atoms with Crippen molar-refractivity contribution in [2.24, 2.45) is 29.2 Å². The maximum absolute atomic E-state index is 13.8. The third-order valence-corrected chi connectivity index (χ3v) is 8.57. The lowest BCUT2D eigenvalue weighted by Gasteiger charge is -2.40. The molecular weight excluding hydrogens is 442 g/mol. The first-order valence-corrected chi connectivity index (χ1v) is 12.9. The van der Waals surface area contributed by atoms with Crippen molar-refractivity contribution in [1.82, 2.24) is 15.1 Å². The second-order valence-corrected chi connectivity index (χ2v) is 10.9. The minimum atomic E-state index is -2.79. The van der Waals surface area contributed by atoms with Crippen molar-refractivity contribution in [2.75, 3.05) is 26.2 Å². The molecule has 4 rings (SSSR count). The van der Waals surface area contributed by atoms with Gasteiger partial charge in [0.2, 0.25) is 11.8 Å². The highest BCUT2D eigenvalue weighted by Gasteiger charge is 2.50. The molecule has 0 aromatic rings. The third-order valence-electron chi connectivity index (χ3n) is 8.57. The van der Waals surface area contributed by atoms with E-state index in [1.807, 2.05) is 0 Å². The zero-order valence-electron chi connectivity index (χ0n) is 20.0. The van der Waals surface area contributed by atoms with Crippen LogP contribution < -0.4 is 16.8 Å². The van der Waals surface area contributed by atoms with Crippen LogP contribution in [0.1, 0.15) is 64.2 Å². The fourth-order valence-corrected chi connectivity index (χ4v) is 6.68. The molecule has 2 aliphatic heterocycles. The minimum absolute atomic E-state index is 0.00103. The normalized spacial score (nSPS) is 35.7. The maximum Gasteiger partial charge on any atom is 0.267 e. The summed E-state index contributed by atoms with van der Waals surface area (Å²) in [5, 5.41) is 11.0. The molecule has 4 fully saturated rings. The number of halogens is 2. The van der Waals surface area contributed by atoms with E-state index in [2.05, 4.69) is 10.2 Å². The zero-order chi connectivity index (χ0) is 24.5. The average molecular weight is 483 g/mol. The fourth-order valence-electron chi connectivity index (χ4n) is 6.68. The van der Waals surface area contributed by atoms with Gasteiger partial charge in [0.25, 0.3) is 5.92 Å². The minimum Gasteiger partial charge on any atom is -0.387 e. The van der Waals surface area contributed by atoms with E-state index in [4.69, 9.17) is 16.9 Å². The number of alkyl halides is 2. The standard InChI is InChI=1S/C24H40F2N6O2/c25-24(26)8-10-31(14-24)23(34)20-11-16-3-4-17(22(28)29)12-19(16)32(20)13-15-1-5-18(6-2-15)30-21(33)7-9-27/h15-20H,1-14,27H2,(H3,28,29)(H,30,33). The molecule has 0 spiro atoms. The number of nitrogens with two attached hydrogens (primary N) is 2. The van der Waals surface area contributed by atoms with Crippen LogP contribution in [0.2, 0.25) is 0 Å². The lowest BCUT2D eigenvalue weighted by molar-refractivity contribution is -0.137. The first kappa shape index (κ1) is 25.3. The van der Waals surface area contributed by atoms with Gasteiger partial charge in [-0.2, -0.15) is 0 Å². The van der Waals surface area contributed by atoms with Crippen molar-refractivity contribution in [3.63, 3.8) is 0 Å². The van der Waals surface area contributed by atoms with Crippen molar-refractivity contribution in [1.29, 1.82) is 5.41 Å². The molecule has 34 heavy (non-hydrogen) atoms. The summed E-state index contributed by atoms with van der Waals surface area (Å²) >= 11 is 0. The number of carbonyl (C=O) groups is 2. The molecule has 0 radical (unpaired) electrons. The molecule has 6 N–H and O–H groups in total. The van der Waals surface area contributed by atoms with Crippen molar-refractivity contribution in [3.8, 4) is 0 Å². The van der Waals surface area contributed by atoms with Crippen LogP contribution >= 0.6 is 0 Å². The molecule has 2 amide bonds. The van der Waals surface area contributed by atoms with Gasteiger partial charge in [-0.25, -0.2) is 8.78 Å². The number of carbonyl (C=O) groups excluding carboxylic acids is 2. The molecule has 2 saturated carbocycles. The Hall–Kier alpha value is -1.81. The van der Waals surface area contributed by atoms with Crippen LogP contribution in [0, 0.1) is 23.2 Å². The van der Waals surface area contributed by atoms with Gasteiger partial charge in [-0.1, -0.05) is 0 Å². The SMILES string of the molecule is N=C(N)C1CCC2CC(C(=O)N3CCC(F)(F)C3)N(CC3CCC(NC(=O)CCN)CC3)C2C1. The summed E-state index contributed by atoms with van der Waals surface area (Å²) in [4.78, 5) is 28.9. The molecule has 2 aliphatic carbocycles. The van der Waals surface area contributed by atoms with E-state index < -0.39 is 12.5 Å². The quantitative estimate of drug-likeness (QED) is 0.324. The van der Waals surface area contributed by atoms with E-state index in [0.29, 0.717) is 31.2 Å². The van der Waals surface area contributed by atoms with Gasteiger partial charge in [-0.05, 0) is 63.2 Å². The van der Waals surface area contributed by atoms with Crippen molar-refractivity contribution in [3.05, 3.63) is 0 Å². The van der Waals surface area contributed by atoms with Crippen LogP contribution in [0.15, 0.2) is 0 Å². The Bertz CT molecular complexity index is 773. The highest BCUT2D eigenvalue weighted by atomic mass is 19.3. The summed E-state index contributed by atoms with van der Waals surface area (Å²) < 4.78 is 27.7. The molecular formula is C24H40F2N6O2. The van der Waals surface area contributed by atoms with E-state index in [1.165, 1.54) is 4.90 Å². The number of amidine groups is 1. The predicted molar refractivity (Wildman–Crippen MR) is 125 cm³/mol.